The number of nitrogens with one attached hydrogen (secondary N) is 1. The molecule has 1 aromatic carbocycles. The fourth-order valence-electron chi connectivity index (χ4n) is 3.93. The molecule has 2 heterocycles. The number of hydrogen-bond donors (Lipinski definition) is 2. The van der Waals surface area contributed by atoms with Gasteiger partial charge in [-0.2, -0.15) is 0 Å². The minimum absolute atomic E-state index is 0.0692. The maximum Gasteiger partial charge on any atom is 0.132 e. The Hall–Kier alpha value is -2.67. The summed E-state index contributed by atoms with van der Waals surface area (Å²) in [7, 11) is 0. The van der Waals surface area contributed by atoms with E-state index in [-0.39, 0.29) is 5.60 Å². The lowest BCUT2D eigenvalue weighted by Crippen LogP contribution is -2.47. The lowest BCUT2D eigenvalue weighted by atomic mass is 10.0. The molecular formula is C22H28N6O. The minimum atomic E-state index is -0.0692. The minimum Gasteiger partial charge on any atom is -0.488 e. The Morgan fingerprint density at radius 1 is 1.14 bits per heavy atom. The first-order valence-electron chi connectivity index (χ1n) is 10.5. The zero-order chi connectivity index (χ0) is 20.0. The van der Waals surface area contributed by atoms with E-state index in [1.165, 1.54) is 12.8 Å². The van der Waals surface area contributed by atoms with Gasteiger partial charge in [-0.25, -0.2) is 9.97 Å². The Bertz CT molecular complexity index is 929. The van der Waals surface area contributed by atoms with Crippen molar-refractivity contribution < 1.29 is 4.74 Å². The lowest BCUT2D eigenvalue weighted by molar-refractivity contribution is 0.200. The van der Waals surface area contributed by atoms with Gasteiger partial charge in [0.25, 0.3) is 0 Å². The van der Waals surface area contributed by atoms with Crippen molar-refractivity contribution in [2.75, 3.05) is 36.8 Å². The molecular weight excluding hydrogens is 364 g/mol. The standard InChI is InChI=1S/C22H28N6O/c1-22(6-7-22)29-16-4-5-18(23)17(12-16)21(24)19-13-20(26-14-25-19)28-10-8-27(9-11-28)15-2-3-15/h4-5,12-15,24H,2-3,6-11,23H2,1H3. The molecule has 1 saturated heterocycles. The van der Waals surface area contributed by atoms with Crippen LogP contribution in [0.4, 0.5) is 11.5 Å². The van der Waals surface area contributed by atoms with E-state index in [1.807, 2.05) is 24.3 Å². The molecule has 0 radical (unpaired) electrons. The highest BCUT2D eigenvalue weighted by Crippen LogP contribution is 2.40. The van der Waals surface area contributed by atoms with Crippen LogP contribution in [0.25, 0.3) is 0 Å². The molecule has 152 valence electrons. The van der Waals surface area contributed by atoms with Crippen LogP contribution in [0.2, 0.25) is 0 Å². The van der Waals surface area contributed by atoms with Gasteiger partial charge in [0, 0.05) is 49.5 Å². The first-order valence-corrected chi connectivity index (χ1v) is 10.5. The van der Waals surface area contributed by atoms with Gasteiger partial charge in [-0.1, -0.05) is 0 Å². The largest absolute Gasteiger partial charge is 0.488 e. The Kier molecular flexibility index (Phi) is 4.42. The van der Waals surface area contributed by atoms with E-state index in [2.05, 4.69) is 26.7 Å². The molecule has 5 rings (SSSR count). The van der Waals surface area contributed by atoms with Crippen LogP contribution >= 0.6 is 0 Å². The molecule has 2 aromatic rings. The first-order chi connectivity index (χ1) is 14.0. The third-order valence-corrected chi connectivity index (χ3v) is 6.22. The number of piperazine rings is 1. The summed E-state index contributed by atoms with van der Waals surface area (Å²) in [5.74, 6) is 1.64. The van der Waals surface area contributed by atoms with Crippen molar-refractivity contribution in [1.82, 2.24) is 14.9 Å². The highest BCUT2D eigenvalue weighted by Gasteiger charge is 2.40. The maximum absolute atomic E-state index is 8.71. The van der Waals surface area contributed by atoms with Gasteiger partial charge in [-0.05, 0) is 50.8 Å². The molecule has 7 heteroatoms. The van der Waals surface area contributed by atoms with Crippen molar-refractivity contribution in [2.45, 2.75) is 44.2 Å². The summed E-state index contributed by atoms with van der Waals surface area (Å²) in [5, 5.41) is 8.71. The molecule has 1 aliphatic heterocycles. The van der Waals surface area contributed by atoms with E-state index >= 15 is 0 Å². The van der Waals surface area contributed by atoms with Crippen molar-refractivity contribution in [3.8, 4) is 5.75 Å². The SMILES string of the molecule is CC1(Oc2ccc(N)c(C(=N)c3cc(N4CCN(C5CC5)CC4)ncn3)c2)CC1. The van der Waals surface area contributed by atoms with E-state index < -0.39 is 0 Å². The number of rotatable bonds is 6. The third kappa shape index (κ3) is 3.92. The quantitative estimate of drug-likeness (QED) is 0.580. The van der Waals surface area contributed by atoms with Crippen molar-refractivity contribution in [1.29, 1.82) is 5.41 Å². The van der Waals surface area contributed by atoms with Gasteiger partial charge >= 0.3 is 0 Å². The van der Waals surface area contributed by atoms with Crippen molar-refractivity contribution in [3.05, 3.63) is 41.9 Å². The fraction of sp³-hybridized carbons (Fsp3) is 0.500. The van der Waals surface area contributed by atoms with Crippen LogP contribution in [0, 0.1) is 5.41 Å². The Labute approximate surface area is 171 Å². The van der Waals surface area contributed by atoms with Gasteiger partial charge in [0.15, 0.2) is 0 Å². The molecule has 0 atom stereocenters. The van der Waals surface area contributed by atoms with Gasteiger partial charge in [-0.3, -0.25) is 10.3 Å². The van der Waals surface area contributed by atoms with Gasteiger partial charge < -0.3 is 15.4 Å². The monoisotopic (exact) mass is 392 g/mol. The predicted octanol–water partition coefficient (Wildman–Crippen LogP) is 2.69. The smallest absolute Gasteiger partial charge is 0.132 e. The second-order valence-electron chi connectivity index (χ2n) is 8.69. The van der Waals surface area contributed by atoms with Crippen LogP contribution in [0.15, 0.2) is 30.6 Å². The summed E-state index contributed by atoms with van der Waals surface area (Å²) < 4.78 is 6.05. The number of nitrogens with two attached hydrogens (primary N) is 1. The Balaban J connectivity index is 1.33. The van der Waals surface area contributed by atoms with E-state index in [1.54, 1.807) is 6.33 Å². The highest BCUT2D eigenvalue weighted by atomic mass is 16.5. The summed E-state index contributed by atoms with van der Waals surface area (Å²) in [6.07, 6.45) is 6.37. The molecule has 1 aromatic heterocycles. The number of anilines is 2. The number of nitrogens with zero attached hydrogens (tertiary/aromatic N) is 4. The normalized spacial score (nSPS) is 21.1. The topological polar surface area (TPSA) is 91.4 Å². The number of benzene rings is 1. The number of aromatic nitrogens is 2. The average molecular weight is 393 g/mol. The molecule has 29 heavy (non-hydrogen) atoms. The molecule has 0 unspecified atom stereocenters. The Morgan fingerprint density at radius 2 is 1.90 bits per heavy atom. The first kappa shape index (κ1) is 18.4. The van der Waals surface area contributed by atoms with E-state index in [4.69, 9.17) is 15.9 Å². The zero-order valence-electron chi connectivity index (χ0n) is 16.9. The van der Waals surface area contributed by atoms with Gasteiger partial charge in [0.1, 0.15) is 23.5 Å². The summed E-state index contributed by atoms with van der Waals surface area (Å²) in [6.45, 7) is 6.18. The molecule has 7 nitrogen and oxygen atoms in total. The summed E-state index contributed by atoms with van der Waals surface area (Å²) >= 11 is 0. The molecule has 2 saturated carbocycles. The number of nitrogen functional groups attached to an aromatic ring is 1. The molecule has 0 bridgehead atoms. The van der Waals surface area contributed by atoms with Crippen LogP contribution in [-0.4, -0.2) is 58.4 Å². The fourth-order valence-corrected chi connectivity index (χ4v) is 3.93. The number of hydrogen-bond acceptors (Lipinski definition) is 7. The molecule has 3 N–H and O–H groups in total. The van der Waals surface area contributed by atoms with Gasteiger partial charge in [0.05, 0.1) is 11.4 Å². The van der Waals surface area contributed by atoms with Crippen LogP contribution in [0.1, 0.15) is 43.9 Å². The van der Waals surface area contributed by atoms with Crippen molar-refractivity contribution in [2.24, 2.45) is 0 Å². The van der Waals surface area contributed by atoms with Crippen LogP contribution < -0.4 is 15.4 Å². The van der Waals surface area contributed by atoms with E-state index in [9.17, 15) is 0 Å². The molecule has 3 aliphatic rings. The lowest BCUT2D eigenvalue weighted by Gasteiger charge is -2.35. The molecule has 0 spiro atoms. The maximum atomic E-state index is 8.71. The summed E-state index contributed by atoms with van der Waals surface area (Å²) in [4.78, 5) is 13.7. The van der Waals surface area contributed by atoms with E-state index in [0.717, 1.165) is 56.6 Å². The highest BCUT2D eigenvalue weighted by molar-refractivity contribution is 6.13. The second-order valence-corrected chi connectivity index (χ2v) is 8.69. The summed E-state index contributed by atoms with van der Waals surface area (Å²) in [5.41, 5.74) is 8.20. The van der Waals surface area contributed by atoms with Crippen molar-refractivity contribution in [3.63, 3.8) is 0 Å². The second kappa shape index (κ2) is 6.99. The average Bonchev–Trinajstić information content (AvgIpc) is 3.67. The van der Waals surface area contributed by atoms with Crippen LogP contribution in [0.3, 0.4) is 0 Å². The molecule has 3 fully saturated rings. The molecule has 0 amide bonds. The predicted molar refractivity (Wildman–Crippen MR) is 114 cm³/mol. The Morgan fingerprint density at radius 3 is 2.59 bits per heavy atom. The van der Waals surface area contributed by atoms with Crippen LogP contribution in [-0.2, 0) is 0 Å². The van der Waals surface area contributed by atoms with Gasteiger partial charge in [0.2, 0.25) is 0 Å². The number of ether oxygens (including phenoxy) is 1. The van der Waals surface area contributed by atoms with Gasteiger partial charge in [-0.15, -0.1) is 0 Å². The summed E-state index contributed by atoms with van der Waals surface area (Å²) in [6, 6.07) is 8.26. The van der Waals surface area contributed by atoms with Crippen LogP contribution in [0.5, 0.6) is 5.75 Å². The molecule has 2 aliphatic carbocycles. The third-order valence-electron chi connectivity index (χ3n) is 6.22. The zero-order valence-corrected chi connectivity index (χ0v) is 16.9. The van der Waals surface area contributed by atoms with E-state index in [0.29, 0.717) is 22.7 Å². The van der Waals surface area contributed by atoms with Crippen molar-refractivity contribution >= 4 is 17.2 Å².